The van der Waals surface area contributed by atoms with Crippen molar-refractivity contribution in [3.05, 3.63) is 29.5 Å². The molecule has 1 saturated heterocycles. The molecule has 2 aromatic heterocycles. The molecule has 138 valence electrons. The number of aliphatic imine (C=N–C) groups is 1. The average molecular weight is 478 g/mol. The molecular weight excluding hydrogens is 455 g/mol. The Morgan fingerprint density at radius 1 is 1.56 bits per heavy atom. The van der Waals surface area contributed by atoms with E-state index in [1.165, 1.54) is 0 Å². The van der Waals surface area contributed by atoms with Gasteiger partial charge in [-0.3, -0.25) is 4.99 Å². The number of morpholine rings is 1. The molecule has 0 aliphatic carbocycles. The smallest absolute Gasteiger partial charge is 0.236 e. The van der Waals surface area contributed by atoms with Gasteiger partial charge in [-0.1, -0.05) is 6.07 Å². The number of aromatic nitrogens is 1. The molecule has 0 radical (unpaired) electrons. The van der Waals surface area contributed by atoms with Crippen LogP contribution in [0.3, 0.4) is 0 Å². The highest BCUT2D eigenvalue weighted by Gasteiger charge is 2.22. The van der Waals surface area contributed by atoms with Crippen LogP contribution in [0.15, 0.2) is 33.2 Å². The third kappa shape index (κ3) is 5.40. The van der Waals surface area contributed by atoms with Crippen molar-refractivity contribution in [2.75, 3.05) is 40.5 Å². The van der Waals surface area contributed by atoms with Crippen LogP contribution >= 0.6 is 35.3 Å². The molecule has 3 heterocycles. The van der Waals surface area contributed by atoms with E-state index in [0.29, 0.717) is 25.6 Å². The molecule has 0 amide bonds. The number of thiophene rings is 1. The Bertz CT molecular complexity index is 660. The second-order valence-electron chi connectivity index (χ2n) is 5.42. The summed E-state index contributed by atoms with van der Waals surface area (Å²) in [7, 11) is 3.47. The zero-order valence-electron chi connectivity index (χ0n) is 14.3. The topological polar surface area (TPSA) is 72.1 Å². The highest BCUT2D eigenvalue weighted by atomic mass is 127. The molecule has 1 aliphatic heterocycles. The summed E-state index contributed by atoms with van der Waals surface area (Å²) in [5.74, 6) is 1.49. The molecule has 3 rings (SSSR count). The number of methoxy groups -OCH3 is 1. The molecule has 0 spiro atoms. The van der Waals surface area contributed by atoms with Crippen molar-refractivity contribution in [1.29, 1.82) is 0 Å². The fraction of sp³-hybridized carbons (Fsp3) is 0.500. The highest BCUT2D eigenvalue weighted by Crippen LogP contribution is 2.23. The lowest BCUT2D eigenvalue weighted by atomic mass is 10.3. The van der Waals surface area contributed by atoms with E-state index in [-0.39, 0.29) is 30.1 Å². The lowest BCUT2D eigenvalue weighted by molar-refractivity contribution is -0.0447. The standard InChI is InChI=1S/C16H22N4O3S.HI/c1-17-16(20-5-6-22-13(9-20)11-21-2)18-8-12-10-23-15(19-12)14-4-3-7-24-14;/h3-4,7,10,13H,5-6,8-9,11H2,1-2H3,(H,17,18);1H. The Hall–Kier alpha value is -1.17. The van der Waals surface area contributed by atoms with Gasteiger partial charge < -0.3 is 24.1 Å². The molecule has 0 bridgehead atoms. The van der Waals surface area contributed by atoms with Crippen LogP contribution in [0.5, 0.6) is 0 Å². The first-order valence-corrected chi connectivity index (χ1v) is 8.72. The molecule has 7 nitrogen and oxygen atoms in total. The summed E-state index contributed by atoms with van der Waals surface area (Å²) < 4.78 is 16.4. The number of halogens is 1. The Morgan fingerprint density at radius 3 is 3.16 bits per heavy atom. The molecule has 1 aliphatic rings. The fourth-order valence-electron chi connectivity index (χ4n) is 2.60. The minimum Gasteiger partial charge on any atom is -0.443 e. The second-order valence-corrected chi connectivity index (χ2v) is 6.36. The van der Waals surface area contributed by atoms with Crippen molar-refractivity contribution < 1.29 is 13.9 Å². The van der Waals surface area contributed by atoms with Gasteiger partial charge in [0.25, 0.3) is 0 Å². The number of hydrogen-bond acceptors (Lipinski definition) is 6. The summed E-state index contributed by atoms with van der Waals surface area (Å²) in [6, 6.07) is 3.98. The van der Waals surface area contributed by atoms with Crippen LogP contribution in [-0.2, 0) is 16.0 Å². The predicted molar refractivity (Wildman–Crippen MR) is 109 cm³/mol. The summed E-state index contributed by atoms with van der Waals surface area (Å²) in [4.78, 5) is 12.1. The maximum Gasteiger partial charge on any atom is 0.236 e. The Morgan fingerprint density at radius 2 is 2.44 bits per heavy atom. The van der Waals surface area contributed by atoms with Crippen molar-refractivity contribution in [3.8, 4) is 10.8 Å². The van der Waals surface area contributed by atoms with Crippen molar-refractivity contribution in [1.82, 2.24) is 15.2 Å². The van der Waals surface area contributed by atoms with Gasteiger partial charge in [0.1, 0.15) is 6.26 Å². The van der Waals surface area contributed by atoms with E-state index >= 15 is 0 Å². The maximum atomic E-state index is 5.68. The third-order valence-corrected chi connectivity index (χ3v) is 4.57. The lowest BCUT2D eigenvalue weighted by Crippen LogP contribution is -2.51. The largest absolute Gasteiger partial charge is 0.443 e. The van der Waals surface area contributed by atoms with Gasteiger partial charge in [-0.2, -0.15) is 0 Å². The SMILES string of the molecule is CN=C(NCc1coc(-c2cccs2)n1)N1CCOC(COC)C1.I. The summed E-state index contributed by atoms with van der Waals surface area (Å²) in [6.07, 6.45) is 1.75. The molecule has 1 N–H and O–H groups in total. The van der Waals surface area contributed by atoms with E-state index in [1.807, 2.05) is 17.5 Å². The molecule has 9 heteroatoms. The first-order valence-electron chi connectivity index (χ1n) is 7.84. The van der Waals surface area contributed by atoms with Crippen LogP contribution in [0.1, 0.15) is 5.69 Å². The Kier molecular flexibility index (Phi) is 8.13. The van der Waals surface area contributed by atoms with Crippen molar-refractivity contribution >= 4 is 41.3 Å². The number of ether oxygens (including phenoxy) is 2. The lowest BCUT2D eigenvalue weighted by Gasteiger charge is -2.34. The predicted octanol–water partition coefficient (Wildman–Crippen LogP) is 2.44. The second kappa shape index (κ2) is 10.1. The molecule has 1 fully saturated rings. The normalized spacial score (nSPS) is 18.1. The number of rotatable bonds is 5. The van der Waals surface area contributed by atoms with Crippen LogP contribution < -0.4 is 5.32 Å². The van der Waals surface area contributed by atoms with Gasteiger partial charge in [0.15, 0.2) is 5.96 Å². The minimum atomic E-state index is 0. The Labute approximate surface area is 168 Å². The van der Waals surface area contributed by atoms with Gasteiger partial charge in [0.2, 0.25) is 5.89 Å². The van der Waals surface area contributed by atoms with Gasteiger partial charge in [-0.15, -0.1) is 35.3 Å². The number of nitrogens with one attached hydrogen (secondary N) is 1. The average Bonchev–Trinajstić information content (AvgIpc) is 3.27. The van der Waals surface area contributed by atoms with Gasteiger partial charge in [-0.25, -0.2) is 4.98 Å². The van der Waals surface area contributed by atoms with Crippen LogP contribution in [0.25, 0.3) is 10.8 Å². The summed E-state index contributed by atoms with van der Waals surface area (Å²) in [5, 5.41) is 5.35. The minimum absolute atomic E-state index is 0. The summed E-state index contributed by atoms with van der Waals surface area (Å²) >= 11 is 1.61. The molecule has 1 atom stereocenters. The van der Waals surface area contributed by atoms with Gasteiger partial charge >= 0.3 is 0 Å². The van der Waals surface area contributed by atoms with E-state index in [2.05, 4.69) is 20.2 Å². The van der Waals surface area contributed by atoms with Gasteiger partial charge in [0.05, 0.1) is 36.4 Å². The van der Waals surface area contributed by atoms with Crippen molar-refractivity contribution in [2.45, 2.75) is 12.6 Å². The monoisotopic (exact) mass is 478 g/mol. The van der Waals surface area contributed by atoms with E-state index in [4.69, 9.17) is 13.9 Å². The molecule has 25 heavy (non-hydrogen) atoms. The number of nitrogens with zero attached hydrogens (tertiary/aromatic N) is 3. The summed E-state index contributed by atoms with van der Waals surface area (Å²) in [6.45, 7) is 3.38. The van der Waals surface area contributed by atoms with E-state index in [0.717, 1.165) is 29.6 Å². The number of oxazole rings is 1. The van der Waals surface area contributed by atoms with Crippen molar-refractivity contribution in [3.63, 3.8) is 0 Å². The van der Waals surface area contributed by atoms with E-state index < -0.39 is 0 Å². The Balaban J connectivity index is 0.00000225. The van der Waals surface area contributed by atoms with Gasteiger partial charge in [0, 0.05) is 27.2 Å². The first kappa shape index (κ1) is 20.1. The van der Waals surface area contributed by atoms with Crippen LogP contribution in [0, 0.1) is 0 Å². The summed E-state index contributed by atoms with van der Waals surface area (Å²) in [5.41, 5.74) is 0.848. The van der Waals surface area contributed by atoms with Crippen LogP contribution in [0.2, 0.25) is 0 Å². The number of guanidine groups is 1. The van der Waals surface area contributed by atoms with Gasteiger partial charge in [-0.05, 0) is 11.4 Å². The van der Waals surface area contributed by atoms with E-state index in [1.54, 1.807) is 31.8 Å². The fourth-order valence-corrected chi connectivity index (χ4v) is 3.26. The van der Waals surface area contributed by atoms with Crippen LogP contribution in [-0.4, -0.2) is 62.4 Å². The van der Waals surface area contributed by atoms with E-state index in [9.17, 15) is 0 Å². The first-order chi connectivity index (χ1) is 11.8. The van der Waals surface area contributed by atoms with Crippen LogP contribution in [0.4, 0.5) is 0 Å². The molecule has 2 aromatic rings. The maximum absolute atomic E-state index is 5.68. The molecule has 0 saturated carbocycles. The third-order valence-electron chi connectivity index (χ3n) is 3.71. The number of hydrogen-bond donors (Lipinski definition) is 1. The molecular formula is C16H23IN4O3S. The highest BCUT2D eigenvalue weighted by molar-refractivity contribution is 14.0. The quantitative estimate of drug-likeness (QED) is 0.405. The molecule has 1 unspecified atom stereocenters. The molecule has 0 aromatic carbocycles. The van der Waals surface area contributed by atoms with Crippen molar-refractivity contribution in [2.24, 2.45) is 4.99 Å². The zero-order chi connectivity index (χ0) is 16.8. The zero-order valence-corrected chi connectivity index (χ0v) is 17.5.